The van der Waals surface area contributed by atoms with Crippen molar-refractivity contribution in [1.29, 1.82) is 0 Å². The molecule has 5 nitrogen and oxygen atoms in total. The third kappa shape index (κ3) is 3.59. The lowest BCUT2D eigenvalue weighted by Crippen LogP contribution is -2.40. The van der Waals surface area contributed by atoms with Gasteiger partial charge in [0.25, 0.3) is 0 Å². The maximum atomic E-state index is 14.0. The molecule has 0 bridgehead atoms. The largest absolute Gasteiger partial charge is 0.377 e. The van der Waals surface area contributed by atoms with E-state index >= 15 is 0 Å². The minimum absolute atomic E-state index is 0.0183. The van der Waals surface area contributed by atoms with Gasteiger partial charge in [0.1, 0.15) is 18.2 Å². The van der Waals surface area contributed by atoms with Gasteiger partial charge in [0, 0.05) is 31.2 Å². The summed E-state index contributed by atoms with van der Waals surface area (Å²) in [5, 5.41) is 8.07. The minimum Gasteiger partial charge on any atom is -0.377 e. The van der Waals surface area contributed by atoms with Crippen molar-refractivity contribution in [3.05, 3.63) is 47.3 Å². The Kier molecular flexibility index (Phi) is 5.03. The third-order valence-corrected chi connectivity index (χ3v) is 4.30. The first-order valence-corrected chi connectivity index (χ1v) is 8.13. The lowest BCUT2D eigenvalue weighted by Gasteiger charge is -2.28. The van der Waals surface area contributed by atoms with Gasteiger partial charge in [0.2, 0.25) is 0 Å². The minimum atomic E-state index is -0.147. The highest BCUT2D eigenvalue weighted by molar-refractivity contribution is 5.21. The number of halogens is 1. The fourth-order valence-electron chi connectivity index (χ4n) is 3.16. The molecule has 1 N–H and O–H groups in total. The molecule has 0 saturated heterocycles. The van der Waals surface area contributed by atoms with Gasteiger partial charge in [-0.3, -0.25) is 0 Å². The first-order chi connectivity index (χ1) is 11.2. The van der Waals surface area contributed by atoms with E-state index in [2.05, 4.69) is 22.3 Å². The van der Waals surface area contributed by atoms with Crippen LogP contribution >= 0.6 is 0 Å². The van der Waals surface area contributed by atoms with E-state index in [1.165, 1.54) is 6.07 Å². The summed E-state index contributed by atoms with van der Waals surface area (Å²) in [7, 11) is 1.64. The van der Waals surface area contributed by atoms with E-state index in [4.69, 9.17) is 4.74 Å². The maximum absolute atomic E-state index is 14.0. The molecule has 1 aliphatic rings. The molecule has 2 atom stereocenters. The van der Waals surface area contributed by atoms with E-state index in [0.29, 0.717) is 6.61 Å². The Morgan fingerprint density at radius 2 is 2.26 bits per heavy atom. The molecule has 0 saturated carbocycles. The van der Waals surface area contributed by atoms with Crippen LogP contribution in [0, 0.1) is 5.82 Å². The summed E-state index contributed by atoms with van der Waals surface area (Å²) in [5.41, 5.74) is 0.736. The highest BCUT2D eigenvalue weighted by atomic mass is 19.1. The summed E-state index contributed by atoms with van der Waals surface area (Å²) in [5.74, 6) is 1.59. The van der Waals surface area contributed by atoms with Crippen LogP contribution in [-0.2, 0) is 24.3 Å². The van der Waals surface area contributed by atoms with E-state index in [1.54, 1.807) is 13.2 Å². The van der Waals surface area contributed by atoms with Gasteiger partial charge >= 0.3 is 0 Å². The van der Waals surface area contributed by atoms with Crippen molar-refractivity contribution in [3.63, 3.8) is 0 Å². The molecule has 2 aromatic rings. The number of rotatable bonds is 6. The standard InChI is InChI=1S/C17H23FN4O/c1-3-15(13-6-4-5-7-14(13)18)19-12-8-9-17-20-16(11-23-2)21-22(17)10-12/h4-7,12,15,19H,3,8-11H2,1-2H3/t12-,15+/m1/s1. The molecule has 3 rings (SSSR count). The molecule has 0 amide bonds. The first kappa shape index (κ1) is 16.1. The van der Waals surface area contributed by atoms with Gasteiger partial charge in [0.15, 0.2) is 5.82 Å². The number of aryl methyl sites for hydroxylation is 1. The monoisotopic (exact) mass is 318 g/mol. The summed E-state index contributed by atoms with van der Waals surface area (Å²) in [6, 6.07) is 7.28. The molecule has 2 heterocycles. The highest BCUT2D eigenvalue weighted by Gasteiger charge is 2.24. The second-order valence-electron chi connectivity index (χ2n) is 5.94. The summed E-state index contributed by atoms with van der Waals surface area (Å²) in [6.45, 7) is 3.27. The Balaban J connectivity index is 1.69. The van der Waals surface area contributed by atoms with Crippen LogP contribution in [0.4, 0.5) is 4.39 Å². The zero-order valence-corrected chi connectivity index (χ0v) is 13.6. The van der Waals surface area contributed by atoms with Gasteiger partial charge in [-0.05, 0) is 18.9 Å². The number of hydrogen-bond acceptors (Lipinski definition) is 4. The summed E-state index contributed by atoms with van der Waals surface area (Å²) in [4.78, 5) is 4.49. The zero-order valence-electron chi connectivity index (χ0n) is 13.6. The molecule has 0 aliphatic carbocycles. The predicted molar refractivity (Wildman–Crippen MR) is 85.4 cm³/mol. The van der Waals surface area contributed by atoms with Crippen LogP contribution in [0.5, 0.6) is 0 Å². The maximum Gasteiger partial charge on any atom is 0.176 e. The molecular weight excluding hydrogens is 295 g/mol. The van der Waals surface area contributed by atoms with E-state index < -0.39 is 0 Å². The first-order valence-electron chi connectivity index (χ1n) is 8.13. The second kappa shape index (κ2) is 7.19. The van der Waals surface area contributed by atoms with Crippen LogP contribution in [-0.4, -0.2) is 27.9 Å². The smallest absolute Gasteiger partial charge is 0.176 e. The molecule has 0 fully saturated rings. The second-order valence-corrected chi connectivity index (χ2v) is 5.94. The lowest BCUT2D eigenvalue weighted by molar-refractivity contribution is 0.177. The van der Waals surface area contributed by atoms with Gasteiger partial charge in [-0.2, -0.15) is 5.10 Å². The molecule has 124 valence electrons. The summed E-state index contributed by atoms with van der Waals surface area (Å²) in [6.07, 6.45) is 2.70. The fraction of sp³-hybridized carbons (Fsp3) is 0.529. The molecule has 23 heavy (non-hydrogen) atoms. The summed E-state index contributed by atoms with van der Waals surface area (Å²) < 4.78 is 21.1. The average molecular weight is 318 g/mol. The molecule has 0 radical (unpaired) electrons. The Morgan fingerprint density at radius 1 is 1.43 bits per heavy atom. The number of methoxy groups -OCH3 is 1. The number of ether oxygens (including phenoxy) is 1. The third-order valence-electron chi connectivity index (χ3n) is 4.30. The van der Waals surface area contributed by atoms with E-state index in [0.717, 1.165) is 43.0 Å². The van der Waals surface area contributed by atoms with Gasteiger partial charge in [-0.25, -0.2) is 14.1 Å². The lowest BCUT2D eigenvalue weighted by atomic mass is 10.0. The van der Waals surface area contributed by atoms with Crippen LogP contribution in [0.25, 0.3) is 0 Å². The zero-order chi connectivity index (χ0) is 16.2. The van der Waals surface area contributed by atoms with Crippen LogP contribution < -0.4 is 5.32 Å². The molecule has 0 unspecified atom stereocenters. The number of nitrogens with zero attached hydrogens (tertiary/aromatic N) is 3. The van der Waals surface area contributed by atoms with Crippen molar-refractivity contribution in [2.24, 2.45) is 0 Å². The number of nitrogens with one attached hydrogen (secondary N) is 1. The number of fused-ring (bicyclic) bond motifs is 1. The van der Waals surface area contributed by atoms with Gasteiger partial charge in [-0.1, -0.05) is 25.1 Å². The quantitative estimate of drug-likeness (QED) is 0.889. The van der Waals surface area contributed by atoms with Gasteiger partial charge < -0.3 is 10.1 Å². The molecule has 0 spiro atoms. The predicted octanol–water partition coefficient (Wildman–Crippen LogP) is 2.62. The van der Waals surface area contributed by atoms with E-state index in [1.807, 2.05) is 16.8 Å². The SMILES string of the molecule is CC[C@H](N[C@@H]1CCc2nc(COC)nn2C1)c1ccccc1F. The molecule has 6 heteroatoms. The van der Waals surface area contributed by atoms with Gasteiger partial charge in [-0.15, -0.1) is 0 Å². The molecule has 1 aromatic heterocycles. The van der Waals surface area contributed by atoms with Crippen molar-refractivity contribution in [2.45, 2.75) is 51.4 Å². The topological polar surface area (TPSA) is 52.0 Å². The van der Waals surface area contributed by atoms with Gasteiger partial charge in [0.05, 0.1) is 6.54 Å². The number of aromatic nitrogens is 3. The van der Waals surface area contributed by atoms with E-state index in [9.17, 15) is 4.39 Å². The Bertz CT molecular complexity index is 658. The summed E-state index contributed by atoms with van der Waals surface area (Å²) >= 11 is 0. The molecule has 1 aromatic carbocycles. The van der Waals surface area contributed by atoms with Crippen molar-refractivity contribution >= 4 is 0 Å². The Labute approximate surface area is 135 Å². The van der Waals surface area contributed by atoms with Crippen molar-refractivity contribution in [3.8, 4) is 0 Å². The van der Waals surface area contributed by atoms with Crippen LogP contribution in [0.1, 0.15) is 43.0 Å². The van der Waals surface area contributed by atoms with Crippen molar-refractivity contribution in [1.82, 2.24) is 20.1 Å². The fourth-order valence-corrected chi connectivity index (χ4v) is 3.16. The number of hydrogen-bond donors (Lipinski definition) is 1. The molecular formula is C17H23FN4O. The Hall–Kier alpha value is -1.79. The van der Waals surface area contributed by atoms with E-state index in [-0.39, 0.29) is 17.9 Å². The molecule has 1 aliphatic heterocycles. The van der Waals surface area contributed by atoms with Crippen LogP contribution in [0.3, 0.4) is 0 Å². The van der Waals surface area contributed by atoms with Crippen LogP contribution in [0.15, 0.2) is 24.3 Å². The van der Waals surface area contributed by atoms with Crippen molar-refractivity contribution < 1.29 is 9.13 Å². The van der Waals surface area contributed by atoms with Crippen LogP contribution in [0.2, 0.25) is 0 Å². The normalized spacial score (nSPS) is 18.7. The highest BCUT2D eigenvalue weighted by Crippen LogP contribution is 2.23. The number of benzene rings is 1. The Morgan fingerprint density at radius 3 is 3.00 bits per heavy atom. The average Bonchev–Trinajstić information content (AvgIpc) is 2.95. The van der Waals surface area contributed by atoms with Crippen molar-refractivity contribution in [2.75, 3.05) is 7.11 Å².